The fraction of sp³-hybridized carbons (Fsp3) is 0.381. The molecule has 1 fully saturated rings. The molecule has 28 heavy (non-hydrogen) atoms. The number of methoxy groups -OCH3 is 1. The summed E-state index contributed by atoms with van der Waals surface area (Å²) in [6, 6.07) is 18.6. The van der Waals surface area contributed by atoms with E-state index < -0.39 is 0 Å². The summed E-state index contributed by atoms with van der Waals surface area (Å²) in [7, 11) is 3.84. The van der Waals surface area contributed by atoms with Crippen molar-refractivity contribution in [3.63, 3.8) is 0 Å². The van der Waals surface area contributed by atoms with Gasteiger partial charge in [-0.05, 0) is 40.7 Å². The second-order valence-corrected chi connectivity index (χ2v) is 7.20. The fourth-order valence-electron chi connectivity index (χ4n) is 3.66. The number of aromatic nitrogens is 4. The third-order valence-electron chi connectivity index (χ3n) is 5.31. The van der Waals surface area contributed by atoms with Crippen molar-refractivity contribution in [1.82, 2.24) is 30.0 Å². The van der Waals surface area contributed by atoms with Gasteiger partial charge in [-0.1, -0.05) is 42.5 Å². The van der Waals surface area contributed by atoms with Crippen LogP contribution in [0.1, 0.15) is 23.0 Å². The van der Waals surface area contributed by atoms with Gasteiger partial charge >= 0.3 is 0 Å². The molecule has 3 aromatic rings. The van der Waals surface area contributed by atoms with Gasteiger partial charge in [0, 0.05) is 26.2 Å². The predicted molar refractivity (Wildman–Crippen MR) is 107 cm³/mol. The van der Waals surface area contributed by atoms with E-state index >= 15 is 0 Å². The highest BCUT2D eigenvalue weighted by Crippen LogP contribution is 2.28. The molecule has 7 heteroatoms. The van der Waals surface area contributed by atoms with E-state index in [4.69, 9.17) is 4.74 Å². The lowest BCUT2D eigenvalue weighted by Gasteiger charge is -2.37. The number of likely N-dealkylation sites (N-methyl/N-ethyl adjacent to an activating group) is 1. The first-order chi connectivity index (χ1) is 13.7. The Balaban J connectivity index is 1.64. The molecule has 146 valence electrons. The molecule has 2 aromatic carbocycles. The highest BCUT2D eigenvalue weighted by molar-refractivity contribution is 5.28. The van der Waals surface area contributed by atoms with Crippen LogP contribution in [-0.4, -0.2) is 70.3 Å². The van der Waals surface area contributed by atoms with Gasteiger partial charge in [0.1, 0.15) is 5.75 Å². The summed E-state index contributed by atoms with van der Waals surface area (Å²) in [5.41, 5.74) is 2.36. The van der Waals surface area contributed by atoms with Gasteiger partial charge in [-0.2, -0.15) is 0 Å². The Bertz CT molecular complexity index is 871. The Hall–Kier alpha value is -2.77. The number of hydrogen-bond donors (Lipinski definition) is 0. The highest BCUT2D eigenvalue weighted by Gasteiger charge is 2.29. The van der Waals surface area contributed by atoms with Crippen LogP contribution in [0.3, 0.4) is 0 Å². The molecule has 1 aliphatic heterocycles. The smallest absolute Gasteiger partial charge is 0.173 e. The van der Waals surface area contributed by atoms with Crippen LogP contribution >= 0.6 is 0 Å². The molecule has 1 saturated heterocycles. The minimum Gasteiger partial charge on any atom is -0.497 e. The maximum Gasteiger partial charge on any atom is 0.173 e. The van der Waals surface area contributed by atoms with Crippen molar-refractivity contribution in [1.29, 1.82) is 0 Å². The summed E-state index contributed by atoms with van der Waals surface area (Å²) in [5, 5.41) is 12.7. The van der Waals surface area contributed by atoms with Gasteiger partial charge in [0.25, 0.3) is 0 Å². The van der Waals surface area contributed by atoms with Crippen LogP contribution in [0, 0.1) is 0 Å². The summed E-state index contributed by atoms with van der Waals surface area (Å²) in [6.07, 6.45) is 0. The van der Waals surface area contributed by atoms with Crippen LogP contribution in [0.25, 0.3) is 0 Å². The van der Waals surface area contributed by atoms with E-state index in [2.05, 4.69) is 68.8 Å². The van der Waals surface area contributed by atoms with Crippen molar-refractivity contribution < 1.29 is 4.74 Å². The van der Waals surface area contributed by atoms with Crippen molar-refractivity contribution in [2.75, 3.05) is 40.3 Å². The molecule has 1 aliphatic rings. The van der Waals surface area contributed by atoms with Crippen molar-refractivity contribution >= 4 is 0 Å². The molecular formula is C21H26N6O. The molecule has 1 aromatic heterocycles. The summed E-state index contributed by atoms with van der Waals surface area (Å²) in [4.78, 5) is 4.84. The number of nitrogens with zero attached hydrogens (tertiary/aromatic N) is 6. The Kier molecular flexibility index (Phi) is 5.64. The van der Waals surface area contributed by atoms with E-state index in [1.165, 1.54) is 5.56 Å². The minimum absolute atomic E-state index is 0.0446. The molecule has 0 N–H and O–H groups in total. The van der Waals surface area contributed by atoms with E-state index in [0.717, 1.165) is 43.3 Å². The molecule has 2 heterocycles. The van der Waals surface area contributed by atoms with Crippen LogP contribution in [0.4, 0.5) is 0 Å². The lowest BCUT2D eigenvalue weighted by Crippen LogP contribution is -2.46. The zero-order valence-corrected chi connectivity index (χ0v) is 16.4. The van der Waals surface area contributed by atoms with E-state index in [1.54, 1.807) is 7.11 Å². The summed E-state index contributed by atoms with van der Waals surface area (Å²) in [6.45, 7) is 4.70. The van der Waals surface area contributed by atoms with E-state index in [0.29, 0.717) is 6.54 Å². The lowest BCUT2D eigenvalue weighted by atomic mass is 10.0. The zero-order chi connectivity index (χ0) is 19.3. The van der Waals surface area contributed by atoms with Crippen molar-refractivity contribution in [2.24, 2.45) is 0 Å². The van der Waals surface area contributed by atoms with E-state index in [9.17, 15) is 0 Å². The van der Waals surface area contributed by atoms with Crippen LogP contribution in [0.5, 0.6) is 5.75 Å². The second-order valence-electron chi connectivity index (χ2n) is 7.20. The van der Waals surface area contributed by atoms with Gasteiger partial charge in [-0.3, -0.25) is 4.90 Å². The van der Waals surface area contributed by atoms with E-state index in [1.807, 2.05) is 22.9 Å². The highest BCUT2D eigenvalue weighted by atomic mass is 16.5. The van der Waals surface area contributed by atoms with Gasteiger partial charge in [-0.15, -0.1) is 5.10 Å². The van der Waals surface area contributed by atoms with E-state index in [-0.39, 0.29) is 6.04 Å². The SMILES string of the molecule is COc1ccc(Cn2nnnc2[C@H](c2ccccc2)N2CCN(C)CC2)cc1. The first-order valence-electron chi connectivity index (χ1n) is 9.61. The Morgan fingerprint density at radius 1 is 0.964 bits per heavy atom. The zero-order valence-electron chi connectivity index (χ0n) is 16.4. The largest absolute Gasteiger partial charge is 0.497 e. The fourth-order valence-corrected chi connectivity index (χ4v) is 3.66. The van der Waals surface area contributed by atoms with Crippen molar-refractivity contribution in [3.8, 4) is 5.75 Å². The van der Waals surface area contributed by atoms with Gasteiger partial charge in [0.05, 0.1) is 19.7 Å². The van der Waals surface area contributed by atoms with Gasteiger partial charge in [-0.25, -0.2) is 4.68 Å². The summed E-state index contributed by atoms with van der Waals surface area (Å²) >= 11 is 0. The average Bonchev–Trinajstić information content (AvgIpc) is 3.19. The number of benzene rings is 2. The molecule has 0 saturated carbocycles. The first-order valence-corrected chi connectivity index (χ1v) is 9.61. The molecule has 7 nitrogen and oxygen atoms in total. The molecular weight excluding hydrogens is 352 g/mol. The summed E-state index contributed by atoms with van der Waals surface area (Å²) < 4.78 is 7.17. The normalized spacial score (nSPS) is 16.8. The predicted octanol–water partition coefficient (Wildman–Crippen LogP) is 2.07. The number of ether oxygens (including phenoxy) is 1. The molecule has 0 unspecified atom stereocenters. The number of piperazine rings is 1. The molecule has 0 bridgehead atoms. The van der Waals surface area contributed by atoms with Crippen LogP contribution < -0.4 is 4.74 Å². The number of hydrogen-bond acceptors (Lipinski definition) is 6. The quantitative estimate of drug-likeness (QED) is 0.654. The Labute approximate surface area is 165 Å². The standard InChI is InChI=1S/C21H26N6O/c1-25-12-14-26(15-13-25)20(18-6-4-3-5-7-18)21-22-23-24-27(21)16-17-8-10-19(28-2)11-9-17/h3-11,20H,12-16H2,1-2H3/t20-/m0/s1. The first kappa shape index (κ1) is 18.6. The molecule has 0 amide bonds. The Morgan fingerprint density at radius 3 is 2.36 bits per heavy atom. The van der Waals surface area contributed by atoms with Crippen molar-refractivity contribution in [3.05, 3.63) is 71.5 Å². The van der Waals surface area contributed by atoms with Gasteiger partial charge in [0.2, 0.25) is 0 Å². The third kappa shape index (κ3) is 4.05. The van der Waals surface area contributed by atoms with Crippen molar-refractivity contribution in [2.45, 2.75) is 12.6 Å². The molecule has 0 aliphatic carbocycles. The second kappa shape index (κ2) is 8.50. The molecule has 1 atom stereocenters. The van der Waals surface area contributed by atoms with Crippen LogP contribution in [0.15, 0.2) is 54.6 Å². The molecule has 0 spiro atoms. The number of tetrazole rings is 1. The average molecular weight is 378 g/mol. The van der Waals surface area contributed by atoms with Crippen LogP contribution in [-0.2, 0) is 6.54 Å². The third-order valence-corrected chi connectivity index (χ3v) is 5.31. The summed E-state index contributed by atoms with van der Waals surface area (Å²) in [5.74, 6) is 1.73. The van der Waals surface area contributed by atoms with Gasteiger partial charge in [0.15, 0.2) is 5.82 Å². The maximum atomic E-state index is 5.25. The lowest BCUT2D eigenvalue weighted by molar-refractivity contribution is 0.121. The molecule has 4 rings (SSSR count). The topological polar surface area (TPSA) is 59.3 Å². The minimum atomic E-state index is 0.0446. The maximum absolute atomic E-state index is 5.25. The molecule has 0 radical (unpaired) electrons. The van der Waals surface area contributed by atoms with Crippen LogP contribution in [0.2, 0.25) is 0 Å². The van der Waals surface area contributed by atoms with Gasteiger partial charge < -0.3 is 9.64 Å². The monoisotopic (exact) mass is 378 g/mol. The Morgan fingerprint density at radius 2 is 1.68 bits per heavy atom. The number of rotatable bonds is 6.